The molecule has 0 saturated carbocycles. The fourth-order valence-corrected chi connectivity index (χ4v) is 8.74. The van der Waals surface area contributed by atoms with Gasteiger partial charge in [-0.05, 0) is 121 Å². The molecule has 0 radical (unpaired) electrons. The van der Waals surface area contributed by atoms with Gasteiger partial charge in [0, 0.05) is 11.0 Å². The molecule has 0 aliphatic heterocycles. The number of hydrogen-bond donors (Lipinski definition) is 0. The summed E-state index contributed by atoms with van der Waals surface area (Å²) in [6, 6.07) is 2.51. The molecule has 0 heterocycles. The monoisotopic (exact) mass is 484 g/mol. The van der Waals surface area contributed by atoms with Crippen molar-refractivity contribution in [1.82, 2.24) is 0 Å². The van der Waals surface area contributed by atoms with Crippen LogP contribution in [0.2, 0.25) is 0 Å². The molecule has 0 amide bonds. The third-order valence-electron chi connectivity index (χ3n) is 10.3. The molecule has 194 valence electrons. The molecule has 1 nitrogen and oxygen atoms in total. The minimum atomic E-state index is -0.257. The van der Waals surface area contributed by atoms with Crippen LogP contribution in [0.4, 0.5) is 0 Å². The van der Waals surface area contributed by atoms with Crippen LogP contribution in [0.25, 0.3) is 5.57 Å². The van der Waals surface area contributed by atoms with E-state index in [1.807, 2.05) is 0 Å². The standard InChI is InChI=1S/C35H48O/c1-19(2)14-27-15-28(20(3)4)29-17-33(11)18-34(12)16-21(5)30(26(10)36)24(8)35(34,13)25(9)32(33)23(7)31(29)22(27)6/h15,19-20H,7-8,14,16-18H2,1-6,9-13H3/t33-,34+,35-/m1/s1. The van der Waals surface area contributed by atoms with Gasteiger partial charge in [-0.1, -0.05) is 78.8 Å². The molecule has 3 aliphatic carbocycles. The summed E-state index contributed by atoms with van der Waals surface area (Å²) in [6.07, 6.45) is 4.18. The summed E-state index contributed by atoms with van der Waals surface area (Å²) >= 11 is 0. The number of rotatable bonds is 4. The first-order chi connectivity index (χ1) is 16.5. The molecule has 0 N–H and O–H groups in total. The Morgan fingerprint density at radius 2 is 1.64 bits per heavy atom. The van der Waals surface area contributed by atoms with Gasteiger partial charge in [0.05, 0.1) is 0 Å². The van der Waals surface area contributed by atoms with Crippen LogP contribution in [-0.2, 0) is 17.6 Å². The molecular weight excluding hydrogens is 436 g/mol. The van der Waals surface area contributed by atoms with E-state index in [4.69, 9.17) is 6.58 Å². The van der Waals surface area contributed by atoms with Crippen LogP contribution >= 0.6 is 0 Å². The van der Waals surface area contributed by atoms with Crippen LogP contribution in [-0.4, -0.2) is 5.78 Å². The van der Waals surface area contributed by atoms with Crippen molar-refractivity contribution in [3.8, 4) is 0 Å². The fourth-order valence-electron chi connectivity index (χ4n) is 8.74. The van der Waals surface area contributed by atoms with Gasteiger partial charge in [0.2, 0.25) is 0 Å². The molecule has 1 aromatic carbocycles. The van der Waals surface area contributed by atoms with E-state index in [-0.39, 0.29) is 22.0 Å². The van der Waals surface area contributed by atoms with Crippen LogP contribution < -0.4 is 0 Å². The average Bonchev–Trinajstić information content (AvgIpc) is 2.71. The van der Waals surface area contributed by atoms with E-state index in [2.05, 4.69) is 81.9 Å². The maximum Gasteiger partial charge on any atom is 0.160 e. The minimum absolute atomic E-state index is 0.0118. The van der Waals surface area contributed by atoms with E-state index in [9.17, 15) is 4.79 Å². The van der Waals surface area contributed by atoms with Crippen molar-refractivity contribution in [1.29, 1.82) is 0 Å². The molecular formula is C35H48O. The van der Waals surface area contributed by atoms with E-state index in [1.54, 1.807) is 6.92 Å². The SMILES string of the molecule is C=C1C2=C(C)[C@@]3(C)C(=C)C(C(C)=O)=C(C)C[C@@]3(C)C[C@@]2(C)Cc2c(C(C)C)cc(CC(C)C)c(C)c21. The Morgan fingerprint density at radius 1 is 1.03 bits per heavy atom. The molecule has 4 rings (SSSR count). The number of benzene rings is 1. The van der Waals surface area contributed by atoms with Crippen molar-refractivity contribution >= 4 is 11.4 Å². The van der Waals surface area contributed by atoms with Crippen LogP contribution in [0.15, 0.2) is 47.1 Å². The van der Waals surface area contributed by atoms with Crippen LogP contribution in [0.3, 0.4) is 0 Å². The second-order valence-corrected chi connectivity index (χ2v) is 13.8. The topological polar surface area (TPSA) is 17.1 Å². The lowest BCUT2D eigenvalue weighted by Crippen LogP contribution is -2.52. The van der Waals surface area contributed by atoms with E-state index < -0.39 is 0 Å². The quantitative estimate of drug-likeness (QED) is 0.416. The van der Waals surface area contributed by atoms with Crippen molar-refractivity contribution in [2.45, 2.75) is 108 Å². The number of Topliss-reactive ketones (excluding diaryl/α,β-unsaturated/α-hetero) is 1. The Bertz CT molecular complexity index is 1260. The summed E-state index contributed by atoms with van der Waals surface area (Å²) in [5.74, 6) is 1.25. The van der Waals surface area contributed by atoms with Crippen LogP contribution in [0.1, 0.15) is 116 Å². The zero-order chi connectivity index (χ0) is 27.1. The number of hydrogen-bond acceptors (Lipinski definition) is 1. The highest BCUT2D eigenvalue weighted by atomic mass is 16.1. The summed E-state index contributed by atoms with van der Waals surface area (Å²) in [5, 5.41) is 0. The number of fused-ring (bicyclic) bond motifs is 3. The third-order valence-corrected chi connectivity index (χ3v) is 10.3. The summed E-state index contributed by atoms with van der Waals surface area (Å²) in [5.41, 5.74) is 14.2. The molecule has 0 bridgehead atoms. The molecule has 0 unspecified atom stereocenters. The molecule has 0 fully saturated rings. The lowest BCUT2D eigenvalue weighted by atomic mass is 9.41. The normalized spacial score (nSPS) is 30.1. The first kappa shape index (κ1) is 26.9. The van der Waals surface area contributed by atoms with Gasteiger partial charge in [-0.15, -0.1) is 0 Å². The molecule has 1 aromatic rings. The predicted octanol–water partition coefficient (Wildman–Crippen LogP) is 9.49. The van der Waals surface area contributed by atoms with E-state index >= 15 is 0 Å². The van der Waals surface area contributed by atoms with Crippen molar-refractivity contribution in [2.75, 3.05) is 0 Å². The van der Waals surface area contributed by atoms with Crippen LogP contribution in [0, 0.1) is 29.1 Å². The second kappa shape index (κ2) is 8.44. The van der Waals surface area contributed by atoms with Gasteiger partial charge < -0.3 is 0 Å². The van der Waals surface area contributed by atoms with Gasteiger partial charge in [-0.2, -0.15) is 0 Å². The summed E-state index contributed by atoms with van der Waals surface area (Å²) in [6.45, 7) is 34.5. The Morgan fingerprint density at radius 3 is 2.17 bits per heavy atom. The second-order valence-electron chi connectivity index (χ2n) is 13.8. The summed E-state index contributed by atoms with van der Waals surface area (Å²) in [7, 11) is 0. The number of allylic oxidation sites excluding steroid dienone is 6. The van der Waals surface area contributed by atoms with E-state index in [0.717, 1.165) is 36.8 Å². The first-order valence-electron chi connectivity index (χ1n) is 14.0. The van der Waals surface area contributed by atoms with Gasteiger partial charge in [0.15, 0.2) is 5.78 Å². The lowest BCUT2D eigenvalue weighted by Gasteiger charge is -2.62. The Kier molecular flexibility index (Phi) is 6.30. The Labute approximate surface area is 220 Å². The van der Waals surface area contributed by atoms with Crippen molar-refractivity contribution in [3.63, 3.8) is 0 Å². The molecule has 0 spiro atoms. The number of ketones is 1. The fraction of sp³-hybridized carbons (Fsp3) is 0.571. The van der Waals surface area contributed by atoms with Crippen molar-refractivity contribution < 1.29 is 4.79 Å². The van der Waals surface area contributed by atoms with E-state index in [1.165, 1.54) is 50.1 Å². The number of carbonyl (C=O) groups is 1. The Balaban J connectivity index is 2.03. The minimum Gasteiger partial charge on any atom is -0.295 e. The maximum absolute atomic E-state index is 12.7. The molecule has 0 aromatic heterocycles. The zero-order valence-electron chi connectivity index (χ0n) is 24.9. The van der Waals surface area contributed by atoms with Crippen molar-refractivity contribution in [2.24, 2.45) is 22.2 Å². The third kappa shape index (κ3) is 3.52. The highest BCUT2D eigenvalue weighted by molar-refractivity contribution is 5.99. The summed E-state index contributed by atoms with van der Waals surface area (Å²) < 4.78 is 0. The summed E-state index contributed by atoms with van der Waals surface area (Å²) in [4.78, 5) is 12.7. The molecule has 0 saturated heterocycles. The first-order valence-corrected chi connectivity index (χ1v) is 14.0. The highest BCUT2D eigenvalue weighted by Crippen LogP contribution is 2.70. The predicted molar refractivity (Wildman–Crippen MR) is 155 cm³/mol. The van der Waals surface area contributed by atoms with Crippen molar-refractivity contribution in [3.05, 3.63) is 74.9 Å². The smallest absolute Gasteiger partial charge is 0.160 e. The zero-order valence-corrected chi connectivity index (χ0v) is 24.9. The van der Waals surface area contributed by atoms with Gasteiger partial charge >= 0.3 is 0 Å². The van der Waals surface area contributed by atoms with Crippen LogP contribution in [0.5, 0.6) is 0 Å². The van der Waals surface area contributed by atoms with Gasteiger partial charge in [-0.3, -0.25) is 4.79 Å². The maximum atomic E-state index is 12.7. The molecule has 36 heavy (non-hydrogen) atoms. The average molecular weight is 485 g/mol. The Hall–Kier alpha value is -2.15. The van der Waals surface area contributed by atoms with Gasteiger partial charge in [0.25, 0.3) is 0 Å². The largest absolute Gasteiger partial charge is 0.295 e. The molecule has 1 heteroatoms. The van der Waals surface area contributed by atoms with Gasteiger partial charge in [0.1, 0.15) is 0 Å². The molecule has 3 aliphatic rings. The number of carbonyl (C=O) groups excluding carboxylic acids is 1. The highest BCUT2D eigenvalue weighted by Gasteiger charge is 2.60. The van der Waals surface area contributed by atoms with Gasteiger partial charge in [-0.25, -0.2) is 0 Å². The molecule has 3 atom stereocenters. The van der Waals surface area contributed by atoms with E-state index in [0.29, 0.717) is 11.8 Å². The lowest BCUT2D eigenvalue weighted by molar-refractivity contribution is -0.113.